The van der Waals surface area contributed by atoms with Gasteiger partial charge in [-0.1, -0.05) is 0 Å². The number of amides is 2. The molecule has 0 unspecified atom stereocenters. The van der Waals surface area contributed by atoms with E-state index in [1.54, 1.807) is 23.4 Å². The Hall–Kier alpha value is -3.61. The second kappa shape index (κ2) is 7.96. The first kappa shape index (κ1) is 19.2. The number of carbonyl (C=O) groups is 2. The number of rotatable bonds is 4. The van der Waals surface area contributed by atoms with E-state index in [4.69, 9.17) is 15.7 Å². The second-order valence-electron chi connectivity index (χ2n) is 6.61. The molecule has 2 aromatic rings. The number of nitrogens with zero attached hydrogens (tertiary/aromatic N) is 5. The maximum Gasteiger partial charge on any atom is 0.410 e. The number of primary amides is 1. The minimum Gasteiger partial charge on any atom is -0.447 e. The molecule has 3 N–H and O–H groups in total. The highest BCUT2D eigenvalue weighted by atomic mass is 16.6. The highest BCUT2D eigenvalue weighted by Crippen LogP contribution is 2.21. The maximum atomic E-state index is 12.0. The van der Waals surface area contributed by atoms with Crippen molar-refractivity contribution in [3.8, 4) is 6.07 Å². The molecule has 1 aliphatic rings. The maximum absolute atomic E-state index is 12.0. The molecule has 0 aromatic carbocycles. The van der Waals surface area contributed by atoms with E-state index in [-0.39, 0.29) is 17.8 Å². The number of nitrogens with two attached hydrogens (primary N) is 1. The Morgan fingerprint density at radius 1 is 1.36 bits per heavy atom. The summed E-state index contributed by atoms with van der Waals surface area (Å²) in [5.74, 6) is -0.151. The van der Waals surface area contributed by atoms with Crippen LogP contribution in [0.5, 0.6) is 0 Å². The Kier molecular flexibility index (Phi) is 5.44. The van der Waals surface area contributed by atoms with Gasteiger partial charge < -0.3 is 25.3 Å². The monoisotopic (exact) mass is 383 g/mol. The van der Waals surface area contributed by atoms with Crippen molar-refractivity contribution in [3.63, 3.8) is 0 Å². The van der Waals surface area contributed by atoms with E-state index in [0.29, 0.717) is 48.7 Å². The molecular weight excluding hydrogens is 362 g/mol. The van der Waals surface area contributed by atoms with Crippen molar-refractivity contribution in [1.82, 2.24) is 19.9 Å². The molecule has 0 spiro atoms. The summed E-state index contributed by atoms with van der Waals surface area (Å²) >= 11 is 0. The van der Waals surface area contributed by atoms with Gasteiger partial charge in [-0.2, -0.15) is 5.26 Å². The molecule has 10 nitrogen and oxygen atoms in total. The standard InChI is InChI=1S/C18H21N7O3/c1-11(2)28-18(27)25-5-3-24(4-6-25)14-10-22-17-15(23-14)13(9-21-17)7-12(8-19)16(20)26/h7,9-11H,3-6H2,1-2H3,(H2,20,26)(H,21,22). The zero-order valence-electron chi connectivity index (χ0n) is 15.7. The molecule has 3 rings (SSSR count). The number of carbonyl (C=O) groups excluding carboxylic acids is 2. The first-order valence-corrected chi connectivity index (χ1v) is 8.85. The van der Waals surface area contributed by atoms with Gasteiger partial charge in [0, 0.05) is 37.9 Å². The number of nitriles is 1. The van der Waals surface area contributed by atoms with E-state index in [9.17, 15) is 9.59 Å². The number of H-pyrrole nitrogens is 1. The number of aromatic nitrogens is 3. The molecule has 3 heterocycles. The first-order chi connectivity index (χ1) is 13.4. The number of ether oxygens (including phenoxy) is 1. The molecule has 1 saturated heterocycles. The number of hydrogen-bond acceptors (Lipinski definition) is 7. The molecule has 2 amide bonds. The molecule has 2 aromatic heterocycles. The summed E-state index contributed by atoms with van der Waals surface area (Å²) in [6, 6.07) is 1.78. The summed E-state index contributed by atoms with van der Waals surface area (Å²) in [7, 11) is 0. The van der Waals surface area contributed by atoms with E-state index in [1.165, 1.54) is 6.08 Å². The summed E-state index contributed by atoms with van der Waals surface area (Å²) in [6.45, 7) is 5.86. The summed E-state index contributed by atoms with van der Waals surface area (Å²) in [5.41, 5.74) is 6.66. The highest BCUT2D eigenvalue weighted by Gasteiger charge is 2.24. The Labute approximate surface area is 161 Å². The van der Waals surface area contributed by atoms with Crippen molar-refractivity contribution >= 4 is 35.1 Å². The lowest BCUT2D eigenvalue weighted by Crippen LogP contribution is -2.49. The van der Waals surface area contributed by atoms with Gasteiger partial charge in [0.05, 0.1) is 12.3 Å². The SMILES string of the molecule is CC(C)OC(=O)N1CCN(c2cnc3[nH]cc(C=C(C#N)C(N)=O)c3n2)CC1. The number of nitrogens with one attached hydrogen (secondary N) is 1. The average molecular weight is 383 g/mol. The van der Waals surface area contributed by atoms with Crippen LogP contribution in [-0.2, 0) is 9.53 Å². The quantitative estimate of drug-likeness (QED) is 0.593. The normalized spacial score (nSPS) is 15.0. The topological polar surface area (TPSA) is 141 Å². The Balaban J connectivity index is 1.78. The zero-order valence-corrected chi connectivity index (χ0v) is 15.7. The van der Waals surface area contributed by atoms with E-state index in [2.05, 4.69) is 15.0 Å². The summed E-state index contributed by atoms with van der Waals surface area (Å²) in [4.78, 5) is 38.9. The Morgan fingerprint density at radius 3 is 2.68 bits per heavy atom. The van der Waals surface area contributed by atoms with Gasteiger partial charge >= 0.3 is 6.09 Å². The third-order valence-electron chi connectivity index (χ3n) is 4.28. The van der Waals surface area contributed by atoms with Crippen LogP contribution >= 0.6 is 0 Å². The van der Waals surface area contributed by atoms with Crippen molar-refractivity contribution in [2.24, 2.45) is 5.73 Å². The fraction of sp³-hybridized carbons (Fsp3) is 0.389. The van der Waals surface area contributed by atoms with Crippen molar-refractivity contribution in [2.75, 3.05) is 31.1 Å². The van der Waals surface area contributed by atoms with Crippen LogP contribution in [0.25, 0.3) is 17.2 Å². The van der Waals surface area contributed by atoms with Crippen LogP contribution in [0.4, 0.5) is 10.6 Å². The van der Waals surface area contributed by atoms with Gasteiger partial charge in [-0.25, -0.2) is 14.8 Å². The second-order valence-corrected chi connectivity index (χ2v) is 6.61. The van der Waals surface area contributed by atoms with E-state index in [1.807, 2.05) is 18.7 Å². The number of aromatic amines is 1. The number of fused-ring (bicyclic) bond motifs is 1. The van der Waals surface area contributed by atoms with Crippen molar-refractivity contribution in [3.05, 3.63) is 23.5 Å². The molecule has 146 valence electrons. The molecule has 0 atom stereocenters. The van der Waals surface area contributed by atoms with Gasteiger partial charge in [-0.05, 0) is 19.9 Å². The molecular formula is C18H21N7O3. The fourth-order valence-electron chi connectivity index (χ4n) is 2.87. The number of hydrogen-bond donors (Lipinski definition) is 2. The molecule has 0 radical (unpaired) electrons. The van der Waals surface area contributed by atoms with Gasteiger partial charge in [0.25, 0.3) is 5.91 Å². The molecule has 0 aliphatic carbocycles. The van der Waals surface area contributed by atoms with Crippen LogP contribution in [0.3, 0.4) is 0 Å². The lowest BCUT2D eigenvalue weighted by molar-refractivity contribution is -0.114. The van der Waals surface area contributed by atoms with E-state index >= 15 is 0 Å². The lowest BCUT2D eigenvalue weighted by Gasteiger charge is -2.34. The van der Waals surface area contributed by atoms with Crippen LogP contribution in [0, 0.1) is 11.3 Å². The largest absolute Gasteiger partial charge is 0.447 e. The molecule has 1 fully saturated rings. The predicted octanol–water partition coefficient (Wildman–Crippen LogP) is 1.02. The van der Waals surface area contributed by atoms with Gasteiger partial charge in [0.1, 0.15) is 23.0 Å². The van der Waals surface area contributed by atoms with Gasteiger partial charge in [-0.3, -0.25) is 4.79 Å². The summed E-state index contributed by atoms with van der Waals surface area (Å²) in [5, 5.41) is 9.03. The number of anilines is 1. The third-order valence-corrected chi connectivity index (χ3v) is 4.28. The van der Waals surface area contributed by atoms with Crippen LogP contribution in [0.2, 0.25) is 0 Å². The summed E-state index contributed by atoms with van der Waals surface area (Å²) in [6.07, 6.45) is 4.18. The molecule has 0 saturated carbocycles. The van der Waals surface area contributed by atoms with Crippen LogP contribution in [0.1, 0.15) is 19.4 Å². The first-order valence-electron chi connectivity index (χ1n) is 8.85. The number of piperazine rings is 1. The van der Waals surface area contributed by atoms with Crippen molar-refractivity contribution in [1.29, 1.82) is 5.26 Å². The molecule has 10 heteroatoms. The average Bonchev–Trinajstić information content (AvgIpc) is 3.07. The smallest absolute Gasteiger partial charge is 0.410 e. The van der Waals surface area contributed by atoms with Crippen LogP contribution in [0.15, 0.2) is 18.0 Å². The molecule has 28 heavy (non-hydrogen) atoms. The fourth-order valence-corrected chi connectivity index (χ4v) is 2.87. The minimum atomic E-state index is -0.801. The van der Waals surface area contributed by atoms with Crippen LogP contribution < -0.4 is 10.6 Å². The lowest BCUT2D eigenvalue weighted by atomic mass is 10.2. The predicted molar refractivity (Wildman–Crippen MR) is 102 cm³/mol. The van der Waals surface area contributed by atoms with Crippen LogP contribution in [-0.4, -0.2) is 64.1 Å². The highest BCUT2D eigenvalue weighted by molar-refractivity contribution is 6.02. The summed E-state index contributed by atoms with van der Waals surface area (Å²) < 4.78 is 5.23. The molecule has 0 bridgehead atoms. The third kappa shape index (κ3) is 4.03. The van der Waals surface area contributed by atoms with Crippen molar-refractivity contribution < 1.29 is 14.3 Å². The van der Waals surface area contributed by atoms with Gasteiger partial charge in [-0.15, -0.1) is 0 Å². The van der Waals surface area contributed by atoms with E-state index < -0.39 is 5.91 Å². The Bertz CT molecular complexity index is 965. The molecule has 1 aliphatic heterocycles. The van der Waals surface area contributed by atoms with Gasteiger partial charge in [0.2, 0.25) is 0 Å². The van der Waals surface area contributed by atoms with E-state index in [0.717, 1.165) is 0 Å². The minimum absolute atomic E-state index is 0.155. The van der Waals surface area contributed by atoms with Crippen molar-refractivity contribution in [2.45, 2.75) is 20.0 Å². The zero-order chi connectivity index (χ0) is 20.3. The Morgan fingerprint density at radius 2 is 2.07 bits per heavy atom. The van der Waals surface area contributed by atoms with Gasteiger partial charge in [0.15, 0.2) is 5.65 Å².